The monoisotopic (exact) mass is 178 g/mol. The zero-order valence-corrected chi connectivity index (χ0v) is 8.08. The summed E-state index contributed by atoms with van der Waals surface area (Å²) >= 11 is 0. The van der Waals surface area contributed by atoms with E-state index in [4.69, 9.17) is 0 Å². The Labute approximate surface area is 77.4 Å². The summed E-state index contributed by atoms with van der Waals surface area (Å²) in [6.45, 7) is 2.07. The van der Waals surface area contributed by atoms with Crippen LogP contribution in [-0.4, -0.2) is 9.78 Å². The van der Waals surface area contributed by atoms with Gasteiger partial charge in [0.05, 0.1) is 6.20 Å². The topological polar surface area (TPSA) is 34.9 Å². The van der Waals surface area contributed by atoms with Crippen LogP contribution in [0.2, 0.25) is 0 Å². The highest BCUT2D eigenvalue weighted by Crippen LogP contribution is 2.39. The highest BCUT2D eigenvalue weighted by Gasteiger charge is 2.28. The first-order chi connectivity index (χ1) is 6.24. The van der Waals surface area contributed by atoms with Crippen molar-refractivity contribution in [1.29, 1.82) is 0 Å². The SMILES string of the molecule is CCc1cnn(C)c(=O)c1C1CC1. The van der Waals surface area contributed by atoms with Gasteiger partial charge >= 0.3 is 0 Å². The molecule has 0 radical (unpaired) electrons. The molecule has 1 aliphatic carbocycles. The Morgan fingerprint density at radius 1 is 1.62 bits per heavy atom. The Morgan fingerprint density at radius 3 is 2.85 bits per heavy atom. The second-order valence-electron chi connectivity index (χ2n) is 3.64. The fourth-order valence-corrected chi connectivity index (χ4v) is 1.68. The highest BCUT2D eigenvalue weighted by atomic mass is 16.1. The standard InChI is InChI=1S/C10H14N2O/c1-3-7-6-11-12(2)10(13)9(7)8-4-5-8/h6,8H,3-5H2,1-2H3. The number of hydrogen-bond acceptors (Lipinski definition) is 2. The van der Waals surface area contributed by atoms with E-state index in [1.54, 1.807) is 7.05 Å². The molecule has 0 saturated heterocycles. The van der Waals surface area contributed by atoms with Crippen LogP contribution < -0.4 is 5.56 Å². The van der Waals surface area contributed by atoms with E-state index >= 15 is 0 Å². The molecule has 13 heavy (non-hydrogen) atoms. The Morgan fingerprint density at radius 2 is 2.31 bits per heavy atom. The van der Waals surface area contributed by atoms with Crippen LogP contribution in [0, 0.1) is 0 Å². The van der Waals surface area contributed by atoms with Gasteiger partial charge in [-0.3, -0.25) is 4.79 Å². The summed E-state index contributed by atoms with van der Waals surface area (Å²) in [5.74, 6) is 0.525. The lowest BCUT2D eigenvalue weighted by Gasteiger charge is -2.06. The molecule has 0 bridgehead atoms. The Balaban J connectivity index is 2.59. The van der Waals surface area contributed by atoms with Crippen LogP contribution >= 0.6 is 0 Å². The molecular weight excluding hydrogens is 164 g/mol. The summed E-state index contributed by atoms with van der Waals surface area (Å²) in [4.78, 5) is 11.7. The molecule has 0 aliphatic heterocycles. The summed E-state index contributed by atoms with van der Waals surface area (Å²) in [7, 11) is 1.72. The van der Waals surface area contributed by atoms with Crippen LogP contribution in [0.4, 0.5) is 0 Å². The molecule has 70 valence electrons. The van der Waals surface area contributed by atoms with Crippen molar-refractivity contribution in [3.05, 3.63) is 27.7 Å². The van der Waals surface area contributed by atoms with Crippen LogP contribution in [0.1, 0.15) is 36.8 Å². The summed E-state index contributed by atoms with van der Waals surface area (Å²) in [6.07, 6.45) is 5.09. The van der Waals surface area contributed by atoms with Gasteiger partial charge in [-0.1, -0.05) is 6.92 Å². The minimum Gasteiger partial charge on any atom is -0.267 e. The summed E-state index contributed by atoms with van der Waals surface area (Å²) < 4.78 is 1.44. The third-order valence-corrected chi connectivity index (χ3v) is 2.62. The molecule has 1 aliphatic rings. The third-order valence-electron chi connectivity index (χ3n) is 2.62. The van der Waals surface area contributed by atoms with Crippen LogP contribution in [0.3, 0.4) is 0 Å². The maximum Gasteiger partial charge on any atom is 0.270 e. The van der Waals surface area contributed by atoms with Crippen molar-refractivity contribution < 1.29 is 0 Å². The van der Waals surface area contributed by atoms with Crippen LogP contribution in [-0.2, 0) is 13.5 Å². The molecule has 2 rings (SSSR count). The maximum atomic E-state index is 11.7. The van der Waals surface area contributed by atoms with E-state index in [2.05, 4.69) is 12.0 Å². The van der Waals surface area contributed by atoms with Crippen molar-refractivity contribution in [2.45, 2.75) is 32.1 Å². The number of hydrogen-bond donors (Lipinski definition) is 0. The Hall–Kier alpha value is -1.12. The van der Waals surface area contributed by atoms with Crippen molar-refractivity contribution in [2.24, 2.45) is 7.05 Å². The molecule has 0 N–H and O–H groups in total. The van der Waals surface area contributed by atoms with Gasteiger partial charge in [-0.2, -0.15) is 5.10 Å². The molecule has 3 nitrogen and oxygen atoms in total. The average molecular weight is 178 g/mol. The number of rotatable bonds is 2. The van der Waals surface area contributed by atoms with E-state index in [0.29, 0.717) is 5.92 Å². The van der Waals surface area contributed by atoms with Crippen LogP contribution in [0.15, 0.2) is 11.0 Å². The first-order valence-corrected chi connectivity index (χ1v) is 4.79. The number of nitrogens with zero attached hydrogens (tertiary/aromatic N) is 2. The molecular formula is C10H14N2O. The molecule has 0 spiro atoms. The Bertz CT molecular complexity index is 377. The second-order valence-corrected chi connectivity index (χ2v) is 3.64. The lowest BCUT2D eigenvalue weighted by molar-refractivity contribution is 0.683. The van der Waals surface area contributed by atoms with Gasteiger partial charge in [0.15, 0.2) is 0 Å². The fraction of sp³-hybridized carbons (Fsp3) is 0.600. The van der Waals surface area contributed by atoms with Crippen molar-refractivity contribution >= 4 is 0 Å². The van der Waals surface area contributed by atoms with Crippen molar-refractivity contribution in [1.82, 2.24) is 9.78 Å². The lowest BCUT2D eigenvalue weighted by Crippen LogP contribution is -2.24. The normalized spacial score (nSPS) is 16.2. The van der Waals surface area contributed by atoms with E-state index in [1.165, 1.54) is 17.5 Å². The molecule has 0 unspecified atom stereocenters. The van der Waals surface area contributed by atoms with Crippen molar-refractivity contribution in [3.8, 4) is 0 Å². The van der Waals surface area contributed by atoms with Crippen molar-refractivity contribution in [3.63, 3.8) is 0 Å². The van der Waals surface area contributed by atoms with E-state index < -0.39 is 0 Å². The zero-order valence-electron chi connectivity index (χ0n) is 8.08. The van der Waals surface area contributed by atoms with E-state index in [1.807, 2.05) is 6.20 Å². The minimum atomic E-state index is 0.0989. The third kappa shape index (κ3) is 1.39. The zero-order chi connectivity index (χ0) is 9.42. The molecule has 1 saturated carbocycles. The second kappa shape index (κ2) is 2.98. The van der Waals surface area contributed by atoms with E-state index in [-0.39, 0.29) is 5.56 Å². The molecule has 0 aromatic carbocycles. The van der Waals surface area contributed by atoms with Gasteiger partial charge in [0, 0.05) is 12.6 Å². The molecule has 0 atom stereocenters. The van der Waals surface area contributed by atoms with E-state index in [0.717, 1.165) is 17.5 Å². The van der Waals surface area contributed by atoms with Crippen molar-refractivity contribution in [2.75, 3.05) is 0 Å². The molecule has 1 heterocycles. The van der Waals surface area contributed by atoms with Gasteiger partial charge in [0.25, 0.3) is 5.56 Å². The summed E-state index contributed by atoms with van der Waals surface area (Å²) in [5, 5.41) is 4.02. The predicted octanol–water partition coefficient (Wildman–Crippen LogP) is 1.22. The first-order valence-electron chi connectivity index (χ1n) is 4.79. The fourth-order valence-electron chi connectivity index (χ4n) is 1.68. The maximum absolute atomic E-state index is 11.7. The largest absolute Gasteiger partial charge is 0.270 e. The van der Waals surface area contributed by atoms with Gasteiger partial charge in [-0.05, 0) is 30.7 Å². The number of aromatic nitrogens is 2. The van der Waals surface area contributed by atoms with Gasteiger partial charge in [-0.15, -0.1) is 0 Å². The summed E-state index contributed by atoms with van der Waals surface area (Å²) in [6, 6.07) is 0. The Kier molecular flexibility index (Phi) is 1.94. The first kappa shape index (κ1) is 8.48. The molecule has 1 fully saturated rings. The van der Waals surface area contributed by atoms with Gasteiger partial charge < -0.3 is 0 Å². The predicted molar refractivity (Wildman–Crippen MR) is 50.8 cm³/mol. The van der Waals surface area contributed by atoms with E-state index in [9.17, 15) is 4.79 Å². The van der Waals surface area contributed by atoms with Gasteiger partial charge in [-0.25, -0.2) is 4.68 Å². The average Bonchev–Trinajstić information content (AvgIpc) is 2.92. The van der Waals surface area contributed by atoms with Crippen LogP contribution in [0.25, 0.3) is 0 Å². The molecule has 1 aromatic heterocycles. The van der Waals surface area contributed by atoms with Gasteiger partial charge in [0.2, 0.25) is 0 Å². The highest BCUT2D eigenvalue weighted by molar-refractivity contribution is 5.28. The molecule has 3 heteroatoms. The molecule has 1 aromatic rings. The smallest absolute Gasteiger partial charge is 0.267 e. The minimum absolute atomic E-state index is 0.0989. The quantitative estimate of drug-likeness (QED) is 0.682. The van der Waals surface area contributed by atoms with Crippen LogP contribution in [0.5, 0.6) is 0 Å². The summed E-state index contributed by atoms with van der Waals surface area (Å²) in [5.41, 5.74) is 2.24. The van der Waals surface area contributed by atoms with Gasteiger partial charge in [0.1, 0.15) is 0 Å². The molecule has 0 amide bonds. The lowest BCUT2D eigenvalue weighted by atomic mass is 10.1. The number of aryl methyl sites for hydroxylation is 2.